The highest BCUT2D eigenvalue weighted by atomic mass is 35.5. The number of nitro groups is 1. The van der Waals surface area contributed by atoms with Gasteiger partial charge in [0.15, 0.2) is 0 Å². The van der Waals surface area contributed by atoms with E-state index in [4.69, 9.17) is 28.0 Å². The number of amides is 1. The van der Waals surface area contributed by atoms with Crippen LogP contribution in [0.25, 0.3) is 0 Å². The molecule has 1 amide bonds. The van der Waals surface area contributed by atoms with Gasteiger partial charge in [-0.2, -0.15) is 0 Å². The summed E-state index contributed by atoms with van der Waals surface area (Å²) in [5.41, 5.74) is -0.494. The zero-order valence-electron chi connectivity index (χ0n) is 18.9. The highest BCUT2D eigenvalue weighted by molar-refractivity contribution is 6.36. The number of rotatable bonds is 5. The van der Waals surface area contributed by atoms with Gasteiger partial charge in [-0.05, 0) is 48.6 Å². The van der Waals surface area contributed by atoms with Gasteiger partial charge in [-0.3, -0.25) is 14.9 Å². The molecule has 0 aromatic heterocycles. The van der Waals surface area contributed by atoms with E-state index in [1.165, 1.54) is 42.5 Å². The molecule has 34 heavy (non-hydrogen) atoms. The molecule has 10 heteroatoms. The number of carbonyl (C=O) groups excluding carboxylic acids is 2. The molecule has 178 valence electrons. The fourth-order valence-corrected chi connectivity index (χ4v) is 5.73. The van der Waals surface area contributed by atoms with Gasteiger partial charge in [0, 0.05) is 34.7 Å². The minimum absolute atomic E-state index is 0.0529. The van der Waals surface area contributed by atoms with Crippen LogP contribution in [0.1, 0.15) is 50.4 Å². The van der Waals surface area contributed by atoms with Crippen molar-refractivity contribution < 1.29 is 19.3 Å². The van der Waals surface area contributed by atoms with E-state index in [1.54, 1.807) is 0 Å². The predicted molar refractivity (Wildman–Crippen MR) is 129 cm³/mol. The minimum atomic E-state index is -0.771. The maximum Gasteiger partial charge on any atom is 0.367 e. The number of fused-ring (bicyclic) bond motifs is 2. The number of nitro benzene ring substituents is 1. The number of anilines is 1. The number of benzene rings is 2. The normalized spacial score (nSPS) is 25.9. The Morgan fingerprint density at radius 1 is 1.09 bits per heavy atom. The lowest BCUT2D eigenvalue weighted by Crippen LogP contribution is -2.43. The van der Waals surface area contributed by atoms with Crippen molar-refractivity contribution in [3.05, 3.63) is 68.2 Å². The molecular weight excluding hydrogens is 481 g/mol. The van der Waals surface area contributed by atoms with Crippen LogP contribution in [0.15, 0.2) is 47.6 Å². The molecular formula is C24H23Cl2N3O5. The number of halogens is 2. The average molecular weight is 504 g/mol. The summed E-state index contributed by atoms with van der Waals surface area (Å²) in [4.78, 5) is 41.7. The molecule has 0 heterocycles. The first kappa shape index (κ1) is 24.2. The summed E-state index contributed by atoms with van der Waals surface area (Å²) in [5.74, 6) is -0.893. The lowest BCUT2D eigenvalue weighted by molar-refractivity contribution is -0.384. The van der Waals surface area contributed by atoms with Crippen molar-refractivity contribution in [1.82, 2.24) is 0 Å². The monoisotopic (exact) mass is 503 g/mol. The highest BCUT2D eigenvalue weighted by Gasteiger charge is 2.71. The molecule has 2 aromatic rings. The van der Waals surface area contributed by atoms with Crippen molar-refractivity contribution in [3.63, 3.8) is 0 Å². The van der Waals surface area contributed by atoms with Gasteiger partial charge in [-0.25, -0.2) is 4.79 Å². The second kappa shape index (κ2) is 8.36. The summed E-state index contributed by atoms with van der Waals surface area (Å²) >= 11 is 12.0. The van der Waals surface area contributed by atoms with E-state index >= 15 is 0 Å². The van der Waals surface area contributed by atoms with Crippen molar-refractivity contribution in [2.75, 3.05) is 5.32 Å². The number of non-ortho nitro benzene ring substituents is 1. The quantitative estimate of drug-likeness (QED) is 0.293. The van der Waals surface area contributed by atoms with E-state index < -0.39 is 27.1 Å². The Hall–Kier alpha value is -2.97. The molecule has 2 fully saturated rings. The zero-order chi connectivity index (χ0) is 24.9. The van der Waals surface area contributed by atoms with Gasteiger partial charge in [-0.1, -0.05) is 49.1 Å². The van der Waals surface area contributed by atoms with Crippen LogP contribution in [0.2, 0.25) is 10.0 Å². The SMILES string of the molecule is CC12CCC(C(=O)Nc3ccc([N+](=O)[O-])cc3)(C/C1=N\OC(=O)c1ccc(Cl)cc1Cl)C2(C)C. The summed E-state index contributed by atoms with van der Waals surface area (Å²) in [6, 6.07) is 10.2. The fourth-order valence-electron chi connectivity index (χ4n) is 5.24. The minimum Gasteiger partial charge on any atom is -0.326 e. The van der Waals surface area contributed by atoms with Crippen molar-refractivity contribution in [2.45, 2.75) is 40.0 Å². The molecule has 4 rings (SSSR count). The highest BCUT2D eigenvalue weighted by Crippen LogP contribution is 2.71. The Morgan fingerprint density at radius 2 is 1.76 bits per heavy atom. The van der Waals surface area contributed by atoms with Crippen LogP contribution in [-0.4, -0.2) is 22.5 Å². The summed E-state index contributed by atoms with van der Waals surface area (Å²) in [7, 11) is 0. The summed E-state index contributed by atoms with van der Waals surface area (Å²) in [6.07, 6.45) is 1.67. The maximum atomic E-state index is 13.5. The van der Waals surface area contributed by atoms with Crippen molar-refractivity contribution >= 4 is 52.2 Å². The molecule has 1 N–H and O–H groups in total. The molecule has 2 bridgehead atoms. The van der Waals surface area contributed by atoms with E-state index in [9.17, 15) is 19.7 Å². The van der Waals surface area contributed by atoms with Gasteiger partial charge in [0.1, 0.15) is 0 Å². The molecule has 2 aliphatic carbocycles. The molecule has 2 aliphatic rings. The van der Waals surface area contributed by atoms with Crippen LogP contribution >= 0.6 is 23.2 Å². The number of nitrogens with zero attached hydrogens (tertiary/aromatic N) is 2. The third-order valence-electron chi connectivity index (χ3n) is 7.89. The van der Waals surface area contributed by atoms with Gasteiger partial charge in [0.25, 0.3) is 5.69 Å². The van der Waals surface area contributed by atoms with Crippen LogP contribution in [-0.2, 0) is 9.63 Å². The van der Waals surface area contributed by atoms with Crippen LogP contribution in [0.4, 0.5) is 11.4 Å². The van der Waals surface area contributed by atoms with Gasteiger partial charge in [0.2, 0.25) is 5.91 Å². The average Bonchev–Trinajstić information content (AvgIpc) is 3.08. The predicted octanol–water partition coefficient (Wildman–Crippen LogP) is 6.27. The van der Waals surface area contributed by atoms with Gasteiger partial charge in [0.05, 0.1) is 26.6 Å². The van der Waals surface area contributed by atoms with Crippen molar-refractivity contribution in [2.24, 2.45) is 21.4 Å². The zero-order valence-corrected chi connectivity index (χ0v) is 20.4. The molecule has 2 atom stereocenters. The Morgan fingerprint density at radius 3 is 2.38 bits per heavy atom. The molecule has 2 unspecified atom stereocenters. The molecule has 0 aliphatic heterocycles. The second-order valence-corrected chi connectivity index (χ2v) is 10.4. The molecule has 0 radical (unpaired) electrons. The van der Waals surface area contributed by atoms with E-state index in [-0.39, 0.29) is 22.2 Å². The topological polar surface area (TPSA) is 111 Å². The van der Waals surface area contributed by atoms with Gasteiger partial charge >= 0.3 is 5.97 Å². The Kier molecular flexibility index (Phi) is 5.94. The first-order chi connectivity index (χ1) is 15.9. The maximum absolute atomic E-state index is 13.5. The number of hydrogen-bond donors (Lipinski definition) is 1. The Bertz CT molecular complexity index is 1230. The summed E-state index contributed by atoms with van der Waals surface area (Å²) in [6.45, 7) is 6.08. The lowest BCUT2D eigenvalue weighted by atomic mass is 9.64. The molecule has 0 saturated heterocycles. The van der Waals surface area contributed by atoms with Crippen LogP contribution in [0.5, 0.6) is 0 Å². The second-order valence-electron chi connectivity index (χ2n) is 9.51. The van der Waals surface area contributed by atoms with E-state index in [1.807, 2.05) is 20.8 Å². The van der Waals surface area contributed by atoms with Crippen LogP contribution in [0.3, 0.4) is 0 Å². The van der Waals surface area contributed by atoms with Gasteiger partial charge < -0.3 is 10.2 Å². The Labute approximate surface area is 206 Å². The lowest BCUT2D eigenvalue weighted by Gasteiger charge is -2.39. The number of hydrogen-bond acceptors (Lipinski definition) is 6. The first-order valence-corrected chi connectivity index (χ1v) is 11.5. The van der Waals surface area contributed by atoms with E-state index in [2.05, 4.69) is 10.5 Å². The fraction of sp³-hybridized carbons (Fsp3) is 0.375. The molecule has 2 aromatic carbocycles. The smallest absolute Gasteiger partial charge is 0.326 e. The third-order valence-corrected chi connectivity index (χ3v) is 8.44. The molecule has 8 nitrogen and oxygen atoms in total. The third kappa shape index (κ3) is 3.65. The van der Waals surface area contributed by atoms with Gasteiger partial charge in [-0.15, -0.1) is 0 Å². The number of oxime groups is 1. The standard InChI is InChI=1S/C24H23Cl2N3O5/c1-22(2)23(3)10-11-24(22,21(31)27-15-5-7-16(8-6-15)29(32)33)13-19(23)28-34-20(30)17-9-4-14(25)12-18(17)26/h4-9,12H,10-11,13H2,1-3H3,(H,27,31)/b28-19+. The summed E-state index contributed by atoms with van der Waals surface area (Å²) < 4.78 is 0. The van der Waals surface area contributed by atoms with Crippen molar-refractivity contribution in [1.29, 1.82) is 0 Å². The van der Waals surface area contributed by atoms with E-state index in [0.29, 0.717) is 35.7 Å². The number of nitrogens with one attached hydrogen (secondary N) is 1. The van der Waals surface area contributed by atoms with Crippen molar-refractivity contribution in [3.8, 4) is 0 Å². The largest absolute Gasteiger partial charge is 0.367 e. The number of carbonyl (C=O) groups is 2. The Balaban J connectivity index is 1.57. The van der Waals surface area contributed by atoms with Crippen LogP contribution in [0, 0.1) is 26.4 Å². The first-order valence-electron chi connectivity index (χ1n) is 10.7. The summed E-state index contributed by atoms with van der Waals surface area (Å²) in [5, 5.41) is 18.6. The molecule has 2 saturated carbocycles. The van der Waals surface area contributed by atoms with Crippen LogP contribution < -0.4 is 5.32 Å². The van der Waals surface area contributed by atoms with E-state index in [0.717, 1.165) is 0 Å². The molecule has 0 spiro atoms.